The number of esters is 1. The number of nitrogens with zero attached hydrogens (tertiary/aromatic N) is 1. The SMILES string of the molecule is CCOC(=O)c1cc(C[N+](C)(C)C)c[nH]1. The van der Waals surface area contributed by atoms with Gasteiger partial charge in [-0.15, -0.1) is 0 Å². The third-order valence-electron chi connectivity index (χ3n) is 1.90. The standard InChI is InChI=1S/C11H18N2O2/c1-5-15-11(14)10-6-9(7-12-10)8-13(2,3)4/h6-7H,5,8H2,1-4H3/p+1. The van der Waals surface area contributed by atoms with Crippen LogP contribution >= 0.6 is 0 Å². The highest BCUT2D eigenvalue weighted by molar-refractivity contribution is 5.87. The van der Waals surface area contributed by atoms with Crippen molar-refractivity contribution in [2.45, 2.75) is 13.5 Å². The molecule has 0 unspecified atom stereocenters. The Morgan fingerprint density at radius 3 is 2.67 bits per heavy atom. The van der Waals surface area contributed by atoms with E-state index in [4.69, 9.17) is 4.74 Å². The van der Waals surface area contributed by atoms with Gasteiger partial charge in [-0.1, -0.05) is 0 Å². The molecule has 0 amide bonds. The minimum absolute atomic E-state index is 0.287. The van der Waals surface area contributed by atoms with Crippen LogP contribution in [0.3, 0.4) is 0 Å². The van der Waals surface area contributed by atoms with Gasteiger partial charge >= 0.3 is 5.97 Å². The molecule has 1 rings (SSSR count). The summed E-state index contributed by atoms with van der Waals surface area (Å²) in [7, 11) is 6.32. The Bertz CT molecular complexity index is 337. The molecule has 84 valence electrons. The number of aromatic amines is 1. The number of H-pyrrole nitrogens is 1. The number of quaternary nitrogens is 1. The summed E-state index contributed by atoms with van der Waals surface area (Å²) in [5.41, 5.74) is 1.64. The molecule has 4 nitrogen and oxygen atoms in total. The van der Waals surface area contributed by atoms with Gasteiger partial charge in [-0.2, -0.15) is 0 Å². The Morgan fingerprint density at radius 2 is 2.13 bits per heavy atom. The van der Waals surface area contributed by atoms with Crippen molar-refractivity contribution < 1.29 is 14.0 Å². The molecule has 0 aromatic carbocycles. The molecule has 0 atom stereocenters. The van der Waals surface area contributed by atoms with Crippen molar-refractivity contribution in [3.05, 3.63) is 23.5 Å². The molecule has 0 saturated carbocycles. The molecule has 0 aliphatic heterocycles. The van der Waals surface area contributed by atoms with Crippen LogP contribution in [0.15, 0.2) is 12.3 Å². The van der Waals surface area contributed by atoms with E-state index in [1.165, 1.54) is 0 Å². The predicted octanol–water partition coefficient (Wildman–Crippen LogP) is 1.40. The highest BCUT2D eigenvalue weighted by Gasteiger charge is 2.13. The molecule has 0 aliphatic carbocycles. The van der Waals surface area contributed by atoms with Crippen LogP contribution in [-0.2, 0) is 11.3 Å². The summed E-state index contributed by atoms with van der Waals surface area (Å²) < 4.78 is 5.73. The lowest BCUT2D eigenvalue weighted by Crippen LogP contribution is -2.33. The fourth-order valence-electron chi connectivity index (χ4n) is 1.40. The molecule has 4 heteroatoms. The first-order valence-electron chi connectivity index (χ1n) is 5.07. The van der Waals surface area contributed by atoms with E-state index in [-0.39, 0.29) is 5.97 Å². The van der Waals surface area contributed by atoms with Crippen LogP contribution in [-0.4, -0.2) is 43.2 Å². The third kappa shape index (κ3) is 3.75. The van der Waals surface area contributed by atoms with E-state index in [2.05, 4.69) is 26.1 Å². The molecule has 15 heavy (non-hydrogen) atoms. The van der Waals surface area contributed by atoms with Crippen LogP contribution in [0.2, 0.25) is 0 Å². The molecule has 0 fully saturated rings. The van der Waals surface area contributed by atoms with Gasteiger partial charge in [-0.05, 0) is 13.0 Å². The monoisotopic (exact) mass is 211 g/mol. The smallest absolute Gasteiger partial charge is 0.354 e. The van der Waals surface area contributed by atoms with Gasteiger partial charge in [0, 0.05) is 11.8 Å². The first-order valence-corrected chi connectivity index (χ1v) is 5.07. The highest BCUT2D eigenvalue weighted by Crippen LogP contribution is 2.09. The van der Waals surface area contributed by atoms with E-state index < -0.39 is 0 Å². The minimum atomic E-state index is -0.287. The molecule has 0 aliphatic rings. The Morgan fingerprint density at radius 1 is 1.47 bits per heavy atom. The Labute approximate surface area is 90.4 Å². The zero-order valence-corrected chi connectivity index (χ0v) is 9.83. The number of carbonyl (C=O) groups excluding carboxylic acids is 1. The zero-order chi connectivity index (χ0) is 11.5. The van der Waals surface area contributed by atoms with E-state index in [0.29, 0.717) is 12.3 Å². The van der Waals surface area contributed by atoms with Crippen LogP contribution in [0.5, 0.6) is 0 Å². The largest absolute Gasteiger partial charge is 0.461 e. The first kappa shape index (κ1) is 11.8. The van der Waals surface area contributed by atoms with Gasteiger partial charge in [-0.25, -0.2) is 4.79 Å². The van der Waals surface area contributed by atoms with Crippen molar-refractivity contribution in [2.24, 2.45) is 0 Å². The second kappa shape index (κ2) is 4.49. The van der Waals surface area contributed by atoms with Crippen molar-refractivity contribution in [3.8, 4) is 0 Å². The van der Waals surface area contributed by atoms with Crippen molar-refractivity contribution in [2.75, 3.05) is 27.7 Å². The number of hydrogen-bond donors (Lipinski definition) is 1. The van der Waals surface area contributed by atoms with Gasteiger partial charge < -0.3 is 14.2 Å². The number of hydrogen-bond acceptors (Lipinski definition) is 2. The molecule has 1 aromatic rings. The van der Waals surface area contributed by atoms with Gasteiger partial charge in [0.1, 0.15) is 12.2 Å². The van der Waals surface area contributed by atoms with Crippen LogP contribution in [0.25, 0.3) is 0 Å². The average molecular weight is 211 g/mol. The molecular formula is C11H19N2O2+. The Balaban J connectivity index is 2.68. The lowest BCUT2D eigenvalue weighted by molar-refractivity contribution is -0.883. The lowest BCUT2D eigenvalue weighted by atomic mass is 10.3. The summed E-state index contributed by atoms with van der Waals surface area (Å²) in [6, 6.07) is 1.85. The number of rotatable bonds is 4. The van der Waals surface area contributed by atoms with E-state index in [9.17, 15) is 4.79 Å². The molecule has 0 bridgehead atoms. The zero-order valence-electron chi connectivity index (χ0n) is 9.83. The predicted molar refractivity (Wildman–Crippen MR) is 58.5 cm³/mol. The summed E-state index contributed by atoms with van der Waals surface area (Å²) in [4.78, 5) is 14.3. The van der Waals surface area contributed by atoms with E-state index in [1.54, 1.807) is 6.92 Å². The second-order valence-electron chi connectivity index (χ2n) is 4.59. The van der Waals surface area contributed by atoms with Crippen LogP contribution in [0.1, 0.15) is 23.0 Å². The van der Waals surface area contributed by atoms with Crippen LogP contribution in [0.4, 0.5) is 0 Å². The van der Waals surface area contributed by atoms with Crippen molar-refractivity contribution in [3.63, 3.8) is 0 Å². The summed E-state index contributed by atoms with van der Waals surface area (Å²) in [5.74, 6) is -0.287. The first-order chi connectivity index (χ1) is 6.92. The van der Waals surface area contributed by atoms with Crippen molar-refractivity contribution >= 4 is 5.97 Å². The second-order valence-corrected chi connectivity index (χ2v) is 4.59. The number of nitrogens with one attached hydrogen (secondary N) is 1. The lowest BCUT2D eigenvalue weighted by Gasteiger charge is -2.22. The Kier molecular flexibility index (Phi) is 3.52. The molecular weight excluding hydrogens is 192 g/mol. The van der Waals surface area contributed by atoms with Gasteiger partial charge in [0.2, 0.25) is 0 Å². The Hall–Kier alpha value is -1.29. The molecule has 1 N–H and O–H groups in total. The molecule has 0 saturated heterocycles. The third-order valence-corrected chi connectivity index (χ3v) is 1.90. The molecule has 0 spiro atoms. The van der Waals surface area contributed by atoms with Gasteiger partial charge in [-0.3, -0.25) is 0 Å². The fraction of sp³-hybridized carbons (Fsp3) is 0.545. The maximum absolute atomic E-state index is 11.4. The van der Waals surface area contributed by atoms with Crippen molar-refractivity contribution in [1.29, 1.82) is 0 Å². The van der Waals surface area contributed by atoms with Gasteiger partial charge in [0.05, 0.1) is 27.7 Å². The quantitative estimate of drug-likeness (QED) is 0.604. The van der Waals surface area contributed by atoms with Gasteiger partial charge in [0.15, 0.2) is 0 Å². The number of ether oxygens (including phenoxy) is 1. The maximum Gasteiger partial charge on any atom is 0.354 e. The summed E-state index contributed by atoms with van der Waals surface area (Å²) >= 11 is 0. The van der Waals surface area contributed by atoms with Crippen LogP contribution < -0.4 is 0 Å². The summed E-state index contributed by atoms with van der Waals surface area (Å²) in [5, 5.41) is 0. The summed E-state index contributed by atoms with van der Waals surface area (Å²) in [6.45, 7) is 3.09. The summed E-state index contributed by atoms with van der Waals surface area (Å²) in [6.07, 6.45) is 1.86. The van der Waals surface area contributed by atoms with E-state index in [0.717, 1.165) is 16.6 Å². The van der Waals surface area contributed by atoms with E-state index in [1.807, 2.05) is 12.3 Å². The highest BCUT2D eigenvalue weighted by atomic mass is 16.5. The maximum atomic E-state index is 11.4. The molecule has 0 radical (unpaired) electrons. The topological polar surface area (TPSA) is 42.1 Å². The van der Waals surface area contributed by atoms with Crippen LogP contribution in [0, 0.1) is 0 Å². The minimum Gasteiger partial charge on any atom is -0.461 e. The molecule has 1 heterocycles. The van der Waals surface area contributed by atoms with E-state index >= 15 is 0 Å². The number of aromatic nitrogens is 1. The normalized spacial score (nSPS) is 11.5. The number of carbonyl (C=O) groups is 1. The fourth-order valence-corrected chi connectivity index (χ4v) is 1.40. The molecule has 1 aromatic heterocycles. The average Bonchev–Trinajstić information content (AvgIpc) is 2.50. The van der Waals surface area contributed by atoms with Gasteiger partial charge in [0.25, 0.3) is 0 Å². The van der Waals surface area contributed by atoms with Crippen molar-refractivity contribution in [1.82, 2.24) is 4.98 Å².